The van der Waals surface area contributed by atoms with E-state index in [4.69, 9.17) is 4.74 Å². The molecule has 0 radical (unpaired) electrons. The molecule has 30 heavy (non-hydrogen) atoms. The van der Waals surface area contributed by atoms with E-state index in [0.29, 0.717) is 22.5 Å². The van der Waals surface area contributed by atoms with Crippen molar-refractivity contribution in [2.24, 2.45) is 7.05 Å². The molecule has 0 aliphatic carbocycles. The molecular weight excluding hydrogens is 382 g/mol. The number of ketones is 1. The molecule has 2 rings (SSSR count). The molecule has 2 aromatic rings. The third-order valence-corrected chi connectivity index (χ3v) is 5.64. The van der Waals surface area contributed by atoms with E-state index >= 15 is 0 Å². The first kappa shape index (κ1) is 23.2. The molecule has 1 atom stereocenters. The smallest absolute Gasteiger partial charge is 0.355 e. The number of hydrogen-bond donors (Lipinski definition) is 1. The predicted molar refractivity (Wildman–Crippen MR) is 117 cm³/mol. The number of rotatable bonds is 6. The molecule has 0 aliphatic heterocycles. The molecule has 2 amide bonds. The van der Waals surface area contributed by atoms with E-state index in [1.807, 2.05) is 32.0 Å². The number of hydrogen-bond acceptors (Lipinski definition) is 4. The number of nitrogens with one attached hydrogen (secondary N) is 1. The summed E-state index contributed by atoms with van der Waals surface area (Å²) in [4.78, 5) is 39.8. The second-order valence-corrected chi connectivity index (χ2v) is 7.56. The van der Waals surface area contributed by atoms with Crippen LogP contribution in [0.15, 0.2) is 18.2 Å². The van der Waals surface area contributed by atoms with Crippen LogP contribution in [0.1, 0.15) is 57.1 Å². The van der Waals surface area contributed by atoms with Crippen LogP contribution >= 0.6 is 0 Å². The van der Waals surface area contributed by atoms with Crippen molar-refractivity contribution in [1.82, 2.24) is 9.47 Å². The molecule has 7 nitrogen and oxygen atoms in total. The number of anilines is 1. The van der Waals surface area contributed by atoms with Gasteiger partial charge in [-0.05, 0) is 58.2 Å². The fraction of sp³-hybridized carbons (Fsp3) is 0.435. The summed E-state index contributed by atoms with van der Waals surface area (Å²) >= 11 is 0. The van der Waals surface area contributed by atoms with E-state index in [-0.39, 0.29) is 18.4 Å². The SMILES string of the molecule is CCOC(=O)c1c(C)c(C(=O)[C@@H](C)N(C)C(=O)Nc2c(C)cccc2C)c(C)n1C. The van der Waals surface area contributed by atoms with Gasteiger partial charge in [0, 0.05) is 31.0 Å². The number of likely N-dealkylation sites (N-methyl/N-ethyl adjacent to an activating group) is 1. The highest BCUT2D eigenvalue weighted by Gasteiger charge is 2.31. The number of aryl methyl sites for hydroxylation is 2. The lowest BCUT2D eigenvalue weighted by Gasteiger charge is -2.25. The lowest BCUT2D eigenvalue weighted by atomic mass is 10.0. The molecule has 0 spiro atoms. The molecule has 1 aromatic carbocycles. The monoisotopic (exact) mass is 413 g/mol. The zero-order valence-electron chi connectivity index (χ0n) is 19.0. The Morgan fingerprint density at radius 3 is 2.23 bits per heavy atom. The molecule has 0 saturated carbocycles. The molecule has 0 bridgehead atoms. The van der Waals surface area contributed by atoms with Crippen LogP contribution in [0.3, 0.4) is 0 Å². The van der Waals surface area contributed by atoms with Crippen LogP contribution < -0.4 is 5.32 Å². The summed E-state index contributed by atoms with van der Waals surface area (Å²) in [6, 6.07) is 4.68. The van der Waals surface area contributed by atoms with E-state index in [9.17, 15) is 14.4 Å². The lowest BCUT2D eigenvalue weighted by Crippen LogP contribution is -2.43. The average molecular weight is 414 g/mol. The molecule has 1 aromatic heterocycles. The number of Topliss-reactive ketones (excluding diaryl/α,β-unsaturated/α-hetero) is 1. The Kier molecular flexibility index (Phi) is 7.08. The quantitative estimate of drug-likeness (QED) is 0.569. The summed E-state index contributed by atoms with van der Waals surface area (Å²) in [6.45, 7) is 11.0. The van der Waals surface area contributed by atoms with Crippen molar-refractivity contribution < 1.29 is 19.1 Å². The number of benzene rings is 1. The topological polar surface area (TPSA) is 80.6 Å². The van der Waals surface area contributed by atoms with Gasteiger partial charge in [-0.3, -0.25) is 4.79 Å². The summed E-state index contributed by atoms with van der Waals surface area (Å²) in [5.41, 5.74) is 4.66. The number of carbonyl (C=O) groups is 3. The van der Waals surface area contributed by atoms with Gasteiger partial charge in [-0.25, -0.2) is 9.59 Å². The summed E-state index contributed by atoms with van der Waals surface area (Å²) < 4.78 is 6.80. The van der Waals surface area contributed by atoms with Crippen molar-refractivity contribution in [2.75, 3.05) is 19.0 Å². The van der Waals surface area contributed by atoms with Gasteiger partial charge in [-0.15, -0.1) is 0 Å². The number of para-hydroxylation sites is 1. The van der Waals surface area contributed by atoms with Gasteiger partial charge in [0.1, 0.15) is 5.69 Å². The van der Waals surface area contributed by atoms with Gasteiger partial charge in [-0.1, -0.05) is 18.2 Å². The maximum atomic E-state index is 13.3. The van der Waals surface area contributed by atoms with E-state index in [2.05, 4.69) is 5.32 Å². The fourth-order valence-electron chi connectivity index (χ4n) is 3.60. The van der Waals surface area contributed by atoms with Gasteiger partial charge in [-0.2, -0.15) is 0 Å². The van der Waals surface area contributed by atoms with Crippen LogP contribution in [0.4, 0.5) is 10.5 Å². The van der Waals surface area contributed by atoms with Crippen molar-refractivity contribution in [3.05, 3.63) is 51.8 Å². The van der Waals surface area contributed by atoms with Gasteiger partial charge in [0.15, 0.2) is 5.78 Å². The van der Waals surface area contributed by atoms with Gasteiger partial charge in [0.05, 0.1) is 12.6 Å². The maximum absolute atomic E-state index is 13.3. The van der Waals surface area contributed by atoms with Crippen LogP contribution in [0.2, 0.25) is 0 Å². The molecule has 1 N–H and O–H groups in total. The Bertz CT molecular complexity index is 971. The molecule has 0 aliphatic rings. The lowest BCUT2D eigenvalue weighted by molar-refractivity contribution is 0.0514. The minimum absolute atomic E-state index is 0.227. The number of urea groups is 1. The van der Waals surface area contributed by atoms with Crippen molar-refractivity contribution in [2.45, 2.75) is 47.6 Å². The van der Waals surface area contributed by atoms with Crippen LogP contribution in [-0.2, 0) is 11.8 Å². The van der Waals surface area contributed by atoms with Gasteiger partial charge in [0.25, 0.3) is 0 Å². The summed E-state index contributed by atoms with van der Waals surface area (Å²) in [5, 5.41) is 2.90. The van der Waals surface area contributed by atoms with Crippen LogP contribution in [0.25, 0.3) is 0 Å². The maximum Gasteiger partial charge on any atom is 0.355 e. The van der Waals surface area contributed by atoms with E-state index in [0.717, 1.165) is 16.8 Å². The predicted octanol–water partition coefficient (Wildman–Crippen LogP) is 4.17. The Labute approximate surface area is 178 Å². The van der Waals surface area contributed by atoms with Crippen molar-refractivity contribution in [3.8, 4) is 0 Å². The molecule has 0 saturated heterocycles. The first-order valence-corrected chi connectivity index (χ1v) is 10.00. The van der Waals surface area contributed by atoms with Crippen LogP contribution in [0.5, 0.6) is 0 Å². The Morgan fingerprint density at radius 2 is 1.70 bits per heavy atom. The Balaban J connectivity index is 2.30. The third kappa shape index (κ3) is 4.25. The number of aromatic nitrogens is 1. The number of carbonyl (C=O) groups excluding carboxylic acids is 3. The first-order chi connectivity index (χ1) is 14.0. The number of ether oxygens (including phenoxy) is 1. The van der Waals surface area contributed by atoms with Crippen molar-refractivity contribution in [3.63, 3.8) is 0 Å². The van der Waals surface area contributed by atoms with Gasteiger partial charge < -0.3 is 19.5 Å². The van der Waals surface area contributed by atoms with Crippen molar-refractivity contribution >= 4 is 23.5 Å². The second-order valence-electron chi connectivity index (χ2n) is 7.56. The normalized spacial score (nSPS) is 11.7. The van der Waals surface area contributed by atoms with Gasteiger partial charge in [0.2, 0.25) is 0 Å². The zero-order valence-corrected chi connectivity index (χ0v) is 19.0. The fourth-order valence-corrected chi connectivity index (χ4v) is 3.60. The largest absolute Gasteiger partial charge is 0.461 e. The zero-order chi connectivity index (χ0) is 22.7. The average Bonchev–Trinajstić information content (AvgIpc) is 2.91. The summed E-state index contributed by atoms with van der Waals surface area (Å²) in [7, 11) is 3.32. The van der Waals surface area contributed by atoms with E-state index in [1.165, 1.54) is 4.90 Å². The number of nitrogens with zero attached hydrogens (tertiary/aromatic N) is 2. The highest BCUT2D eigenvalue weighted by Crippen LogP contribution is 2.25. The molecule has 162 valence electrons. The molecule has 0 unspecified atom stereocenters. The molecular formula is C23H31N3O4. The minimum atomic E-state index is -0.718. The first-order valence-electron chi connectivity index (χ1n) is 10.00. The van der Waals surface area contributed by atoms with E-state index < -0.39 is 12.0 Å². The van der Waals surface area contributed by atoms with Gasteiger partial charge >= 0.3 is 12.0 Å². The minimum Gasteiger partial charge on any atom is -0.461 e. The highest BCUT2D eigenvalue weighted by atomic mass is 16.5. The highest BCUT2D eigenvalue weighted by molar-refractivity contribution is 6.07. The van der Waals surface area contributed by atoms with E-state index in [1.54, 1.807) is 46.4 Å². The molecule has 0 fully saturated rings. The van der Waals surface area contributed by atoms with Crippen LogP contribution in [-0.4, -0.2) is 46.9 Å². The number of esters is 1. The van der Waals surface area contributed by atoms with Crippen LogP contribution in [0, 0.1) is 27.7 Å². The second kappa shape index (κ2) is 9.15. The number of amides is 2. The third-order valence-electron chi connectivity index (χ3n) is 5.64. The summed E-state index contributed by atoms with van der Waals surface area (Å²) in [5.74, 6) is -0.691. The molecule has 7 heteroatoms. The van der Waals surface area contributed by atoms with Crippen molar-refractivity contribution in [1.29, 1.82) is 0 Å². The molecule has 1 heterocycles. The standard InChI is InChI=1S/C23H31N3O4/c1-9-30-22(28)20-15(4)18(16(5)25(20)7)21(27)17(6)26(8)23(29)24-19-13(2)11-10-12-14(19)3/h10-12,17H,9H2,1-8H3,(H,24,29)/t17-/m1/s1. The summed E-state index contributed by atoms with van der Waals surface area (Å²) in [6.07, 6.45) is 0. The Hall–Kier alpha value is -3.09. The Morgan fingerprint density at radius 1 is 1.13 bits per heavy atom.